The van der Waals surface area contributed by atoms with E-state index in [1.165, 1.54) is 32.5 Å². The van der Waals surface area contributed by atoms with Crippen LogP contribution in [0.15, 0.2) is 12.2 Å². The van der Waals surface area contributed by atoms with Crippen LogP contribution in [-0.4, -0.2) is 56.4 Å². The van der Waals surface area contributed by atoms with Crippen molar-refractivity contribution in [1.82, 2.24) is 10.2 Å². The zero-order valence-electron chi connectivity index (χ0n) is 11.6. The summed E-state index contributed by atoms with van der Waals surface area (Å²) in [6.45, 7) is 12.5. The van der Waals surface area contributed by atoms with E-state index in [1.807, 2.05) is 6.92 Å². The molecule has 4 nitrogen and oxygen atoms in total. The molecule has 2 heterocycles. The summed E-state index contributed by atoms with van der Waals surface area (Å²) in [4.78, 5) is 2.55. The summed E-state index contributed by atoms with van der Waals surface area (Å²) >= 11 is 0. The van der Waals surface area contributed by atoms with Gasteiger partial charge >= 0.3 is 0 Å². The third kappa shape index (κ3) is 3.12. The average Bonchev–Trinajstić information content (AvgIpc) is 2.76. The van der Waals surface area contributed by atoms with Crippen LogP contribution in [0.2, 0.25) is 0 Å². The summed E-state index contributed by atoms with van der Waals surface area (Å²) in [7, 11) is 0. The lowest BCUT2D eigenvalue weighted by atomic mass is 9.79. The van der Waals surface area contributed by atoms with Crippen LogP contribution >= 0.6 is 0 Å². The van der Waals surface area contributed by atoms with Crippen molar-refractivity contribution in [2.45, 2.75) is 25.3 Å². The maximum Gasteiger partial charge on any atom is 0.0672 e. The van der Waals surface area contributed by atoms with Gasteiger partial charge in [-0.2, -0.15) is 0 Å². The van der Waals surface area contributed by atoms with E-state index >= 15 is 0 Å². The van der Waals surface area contributed by atoms with Crippen molar-refractivity contribution >= 4 is 0 Å². The molecule has 0 radical (unpaired) electrons. The predicted octanol–water partition coefficient (Wildman–Crippen LogP) is 0.592. The minimum atomic E-state index is 0.152. The molecule has 0 aromatic carbocycles. The van der Waals surface area contributed by atoms with Gasteiger partial charge in [-0.25, -0.2) is 0 Å². The lowest BCUT2D eigenvalue weighted by Crippen LogP contribution is -2.61. The van der Waals surface area contributed by atoms with E-state index in [-0.39, 0.29) is 5.54 Å². The second-order valence-electron chi connectivity index (χ2n) is 5.83. The molecule has 2 rings (SSSR count). The number of hydrogen-bond acceptors (Lipinski definition) is 4. The molecule has 2 fully saturated rings. The zero-order valence-corrected chi connectivity index (χ0v) is 11.6. The Morgan fingerprint density at radius 1 is 1.56 bits per heavy atom. The fraction of sp³-hybridized carbons (Fsp3) is 0.857. The number of ether oxygens (including phenoxy) is 1. The molecular formula is C14H27N3O. The lowest BCUT2D eigenvalue weighted by Gasteiger charge is -2.43. The Bertz CT molecular complexity index is 295. The Morgan fingerprint density at radius 2 is 2.39 bits per heavy atom. The third-order valence-corrected chi connectivity index (χ3v) is 4.36. The van der Waals surface area contributed by atoms with Crippen LogP contribution in [0, 0.1) is 5.92 Å². The van der Waals surface area contributed by atoms with E-state index in [1.54, 1.807) is 0 Å². The maximum absolute atomic E-state index is 6.05. The van der Waals surface area contributed by atoms with Crippen LogP contribution < -0.4 is 11.1 Å². The summed E-state index contributed by atoms with van der Waals surface area (Å²) in [6, 6.07) is 0. The molecule has 0 aliphatic carbocycles. The summed E-state index contributed by atoms with van der Waals surface area (Å²) in [5.74, 6) is 0.720. The van der Waals surface area contributed by atoms with Crippen LogP contribution in [0.1, 0.15) is 19.8 Å². The number of nitrogens with one attached hydrogen (secondary N) is 1. The highest BCUT2D eigenvalue weighted by Crippen LogP contribution is 2.34. The lowest BCUT2D eigenvalue weighted by molar-refractivity contribution is 0.109. The van der Waals surface area contributed by atoms with Gasteiger partial charge in [0.15, 0.2) is 0 Å². The molecule has 0 aromatic heterocycles. The normalized spacial score (nSPS) is 34.8. The molecule has 3 unspecified atom stereocenters. The summed E-state index contributed by atoms with van der Waals surface area (Å²) < 4.78 is 5.54. The molecule has 3 atom stereocenters. The summed E-state index contributed by atoms with van der Waals surface area (Å²) in [6.07, 6.45) is 2.46. The molecule has 2 aliphatic rings. The molecule has 18 heavy (non-hydrogen) atoms. The molecular weight excluding hydrogens is 226 g/mol. The smallest absolute Gasteiger partial charge is 0.0672 e. The first-order valence-corrected chi connectivity index (χ1v) is 7.06. The van der Waals surface area contributed by atoms with Gasteiger partial charge in [0, 0.05) is 25.2 Å². The fourth-order valence-corrected chi connectivity index (χ4v) is 3.24. The standard InChI is InChI=1S/C14H27N3O/c1-12(2)10-18-8-5-16-14(11-15)4-7-17-6-3-13(14)9-17/h13,16H,1,3-11,15H2,2H3. The molecule has 2 aliphatic heterocycles. The molecule has 4 heteroatoms. The number of hydrogen-bond donors (Lipinski definition) is 2. The third-order valence-electron chi connectivity index (χ3n) is 4.36. The molecule has 0 saturated carbocycles. The van der Waals surface area contributed by atoms with E-state index in [4.69, 9.17) is 10.5 Å². The van der Waals surface area contributed by atoms with Crippen molar-refractivity contribution in [1.29, 1.82) is 0 Å². The van der Waals surface area contributed by atoms with E-state index in [0.29, 0.717) is 6.61 Å². The Morgan fingerprint density at radius 3 is 3.11 bits per heavy atom. The van der Waals surface area contributed by atoms with Crippen molar-refractivity contribution in [2.24, 2.45) is 11.7 Å². The highest BCUT2D eigenvalue weighted by molar-refractivity contribution is 5.03. The number of nitrogens with zero attached hydrogens (tertiary/aromatic N) is 1. The Hall–Kier alpha value is -0.420. The monoisotopic (exact) mass is 253 g/mol. The highest BCUT2D eigenvalue weighted by atomic mass is 16.5. The van der Waals surface area contributed by atoms with Crippen molar-refractivity contribution in [3.8, 4) is 0 Å². The fourth-order valence-electron chi connectivity index (χ4n) is 3.24. The van der Waals surface area contributed by atoms with Crippen molar-refractivity contribution in [2.75, 3.05) is 45.9 Å². The number of rotatable bonds is 7. The minimum absolute atomic E-state index is 0.152. The highest BCUT2D eigenvalue weighted by Gasteiger charge is 2.44. The first-order valence-electron chi connectivity index (χ1n) is 7.06. The molecule has 2 saturated heterocycles. The molecule has 0 amide bonds. The van der Waals surface area contributed by atoms with Gasteiger partial charge < -0.3 is 20.7 Å². The number of nitrogens with two attached hydrogens (primary N) is 1. The van der Waals surface area contributed by atoms with Crippen molar-refractivity contribution < 1.29 is 4.74 Å². The van der Waals surface area contributed by atoms with Gasteiger partial charge in [0.05, 0.1) is 13.2 Å². The van der Waals surface area contributed by atoms with E-state index in [0.717, 1.165) is 31.2 Å². The summed E-state index contributed by atoms with van der Waals surface area (Å²) in [5, 5.41) is 3.68. The second kappa shape index (κ2) is 6.15. The Balaban J connectivity index is 1.76. The van der Waals surface area contributed by atoms with Gasteiger partial charge in [-0.1, -0.05) is 12.2 Å². The molecule has 2 bridgehead atoms. The first kappa shape index (κ1) is 14.0. The van der Waals surface area contributed by atoms with E-state index < -0.39 is 0 Å². The molecule has 104 valence electrons. The SMILES string of the molecule is C=C(C)COCCNC1(CN)CCN2CCC1C2. The topological polar surface area (TPSA) is 50.5 Å². The molecule has 3 N–H and O–H groups in total. The van der Waals surface area contributed by atoms with Gasteiger partial charge in [0.2, 0.25) is 0 Å². The second-order valence-corrected chi connectivity index (χ2v) is 5.83. The molecule has 0 aromatic rings. The number of piperidine rings is 1. The van der Waals surface area contributed by atoms with Gasteiger partial charge in [-0.15, -0.1) is 0 Å². The maximum atomic E-state index is 6.05. The van der Waals surface area contributed by atoms with Crippen LogP contribution in [0.5, 0.6) is 0 Å². The Labute approximate surface area is 111 Å². The predicted molar refractivity (Wildman–Crippen MR) is 74.6 cm³/mol. The molecule has 0 spiro atoms. The van der Waals surface area contributed by atoms with Gasteiger partial charge in [-0.05, 0) is 38.8 Å². The van der Waals surface area contributed by atoms with Crippen molar-refractivity contribution in [3.63, 3.8) is 0 Å². The number of fused-ring (bicyclic) bond motifs is 2. The van der Waals surface area contributed by atoms with Gasteiger partial charge in [0.25, 0.3) is 0 Å². The van der Waals surface area contributed by atoms with Crippen LogP contribution in [-0.2, 0) is 4.74 Å². The zero-order chi connectivity index (χ0) is 13.0. The first-order chi connectivity index (χ1) is 8.66. The summed E-state index contributed by atoms with van der Waals surface area (Å²) in [5.41, 5.74) is 7.28. The minimum Gasteiger partial charge on any atom is -0.376 e. The van der Waals surface area contributed by atoms with Crippen LogP contribution in [0.25, 0.3) is 0 Å². The largest absolute Gasteiger partial charge is 0.376 e. The average molecular weight is 253 g/mol. The Kier molecular flexibility index (Phi) is 4.78. The van der Waals surface area contributed by atoms with E-state index in [9.17, 15) is 0 Å². The van der Waals surface area contributed by atoms with E-state index in [2.05, 4.69) is 16.8 Å². The van der Waals surface area contributed by atoms with Crippen LogP contribution in [0.3, 0.4) is 0 Å². The quantitative estimate of drug-likeness (QED) is 0.515. The van der Waals surface area contributed by atoms with Crippen LogP contribution in [0.4, 0.5) is 0 Å². The van der Waals surface area contributed by atoms with Gasteiger partial charge in [-0.3, -0.25) is 0 Å². The van der Waals surface area contributed by atoms with Gasteiger partial charge in [0.1, 0.15) is 0 Å². The van der Waals surface area contributed by atoms with Crippen molar-refractivity contribution in [3.05, 3.63) is 12.2 Å².